The number of aryl methyl sites for hydroxylation is 2. The summed E-state index contributed by atoms with van der Waals surface area (Å²) in [5.74, 6) is 0. The second-order valence-electron chi connectivity index (χ2n) is 2.95. The minimum absolute atomic E-state index is 1.06. The molecule has 0 aromatic carbocycles. The Hall–Kier alpha value is -1.11. The summed E-state index contributed by atoms with van der Waals surface area (Å²) in [5.41, 5.74) is 2.29. The van der Waals surface area contributed by atoms with Gasteiger partial charge in [-0.3, -0.25) is 4.98 Å². The summed E-state index contributed by atoms with van der Waals surface area (Å²) in [6, 6.07) is 6.17. The fourth-order valence-corrected chi connectivity index (χ4v) is 1.17. The van der Waals surface area contributed by atoms with Gasteiger partial charge in [0.05, 0.1) is 0 Å². The van der Waals surface area contributed by atoms with E-state index in [9.17, 15) is 0 Å². The van der Waals surface area contributed by atoms with Crippen molar-refractivity contribution in [2.45, 2.75) is 26.2 Å². The van der Waals surface area contributed by atoms with Gasteiger partial charge in [0.25, 0.3) is 0 Å². The van der Waals surface area contributed by atoms with Crippen LogP contribution in [0.2, 0.25) is 0 Å². The lowest BCUT2D eigenvalue weighted by Gasteiger charge is -1.99. The van der Waals surface area contributed by atoms with E-state index in [2.05, 4.69) is 23.7 Å². The van der Waals surface area contributed by atoms with Gasteiger partial charge < -0.3 is 0 Å². The Bertz CT molecular complexity index is 253. The van der Waals surface area contributed by atoms with Crippen LogP contribution in [0.3, 0.4) is 0 Å². The number of nitrogens with zero attached hydrogens (tertiary/aromatic N) is 1. The summed E-state index contributed by atoms with van der Waals surface area (Å²) < 4.78 is 0. The fraction of sp³-hybridized carbons (Fsp3) is 0.364. The number of unbranched alkanes of at least 4 members (excludes halogenated alkanes) is 1. The molecule has 1 heterocycles. The smallest absolute Gasteiger partial charge is 0.0406 e. The molecule has 0 spiro atoms. The molecule has 1 rings (SSSR count). The predicted molar refractivity (Wildman–Crippen MR) is 52.1 cm³/mol. The zero-order valence-electron chi connectivity index (χ0n) is 7.59. The van der Waals surface area contributed by atoms with Gasteiger partial charge in [-0.15, -0.1) is 6.58 Å². The summed E-state index contributed by atoms with van der Waals surface area (Å²) in [6.07, 6.45) is 5.25. The topological polar surface area (TPSA) is 12.9 Å². The molecule has 0 aliphatic heterocycles. The maximum atomic E-state index is 4.41. The summed E-state index contributed by atoms with van der Waals surface area (Å²) in [7, 11) is 0. The van der Waals surface area contributed by atoms with Gasteiger partial charge in [0.15, 0.2) is 0 Å². The molecule has 0 bridgehead atoms. The van der Waals surface area contributed by atoms with E-state index in [1.54, 1.807) is 0 Å². The first-order valence-electron chi connectivity index (χ1n) is 4.36. The second-order valence-corrected chi connectivity index (χ2v) is 2.95. The molecule has 1 aromatic heterocycles. The molecule has 1 aromatic rings. The molecule has 0 saturated carbocycles. The van der Waals surface area contributed by atoms with E-state index in [1.165, 1.54) is 5.69 Å². The molecule has 1 nitrogen and oxygen atoms in total. The van der Waals surface area contributed by atoms with Crippen molar-refractivity contribution in [3.05, 3.63) is 42.2 Å². The highest BCUT2D eigenvalue weighted by Crippen LogP contribution is 2.03. The fourth-order valence-electron chi connectivity index (χ4n) is 1.17. The minimum atomic E-state index is 1.06. The molecule has 0 aliphatic carbocycles. The van der Waals surface area contributed by atoms with Gasteiger partial charge in [-0.1, -0.05) is 12.1 Å². The van der Waals surface area contributed by atoms with E-state index >= 15 is 0 Å². The highest BCUT2D eigenvalue weighted by atomic mass is 14.7. The van der Waals surface area contributed by atoms with Crippen LogP contribution < -0.4 is 0 Å². The first kappa shape index (κ1) is 8.98. The SMILES string of the molecule is C=CCCCc1cccc(C)n1. The quantitative estimate of drug-likeness (QED) is 0.488. The Labute approximate surface area is 74.2 Å². The van der Waals surface area contributed by atoms with Gasteiger partial charge >= 0.3 is 0 Å². The van der Waals surface area contributed by atoms with Crippen molar-refractivity contribution in [3.8, 4) is 0 Å². The monoisotopic (exact) mass is 161 g/mol. The van der Waals surface area contributed by atoms with Gasteiger partial charge in [-0.2, -0.15) is 0 Å². The molecule has 0 unspecified atom stereocenters. The third-order valence-corrected chi connectivity index (χ3v) is 1.79. The number of pyridine rings is 1. The van der Waals surface area contributed by atoms with Crippen molar-refractivity contribution in [3.63, 3.8) is 0 Å². The van der Waals surface area contributed by atoms with Crippen LogP contribution in [0.1, 0.15) is 24.2 Å². The molecular weight excluding hydrogens is 146 g/mol. The van der Waals surface area contributed by atoms with Gasteiger partial charge in [0, 0.05) is 11.4 Å². The van der Waals surface area contributed by atoms with Crippen LogP contribution in [0.5, 0.6) is 0 Å². The van der Waals surface area contributed by atoms with E-state index in [1.807, 2.05) is 19.1 Å². The molecule has 64 valence electrons. The number of aromatic nitrogens is 1. The lowest BCUT2D eigenvalue weighted by molar-refractivity contribution is 0.814. The zero-order valence-corrected chi connectivity index (χ0v) is 7.59. The standard InChI is InChI=1S/C11H15N/c1-3-4-5-8-11-9-6-7-10(2)12-11/h3,6-7,9H,1,4-5,8H2,2H3. The first-order valence-corrected chi connectivity index (χ1v) is 4.36. The van der Waals surface area contributed by atoms with Crippen molar-refractivity contribution >= 4 is 0 Å². The third kappa shape index (κ3) is 2.87. The van der Waals surface area contributed by atoms with E-state index < -0.39 is 0 Å². The van der Waals surface area contributed by atoms with E-state index in [0.29, 0.717) is 0 Å². The largest absolute Gasteiger partial charge is 0.258 e. The summed E-state index contributed by atoms with van der Waals surface area (Å²) in [6.45, 7) is 5.71. The number of hydrogen-bond acceptors (Lipinski definition) is 1. The number of rotatable bonds is 4. The summed E-state index contributed by atoms with van der Waals surface area (Å²) in [4.78, 5) is 4.41. The van der Waals surface area contributed by atoms with E-state index in [4.69, 9.17) is 0 Å². The van der Waals surface area contributed by atoms with Crippen LogP contribution in [0.25, 0.3) is 0 Å². The van der Waals surface area contributed by atoms with Gasteiger partial charge in [-0.05, 0) is 38.3 Å². The van der Waals surface area contributed by atoms with E-state index in [0.717, 1.165) is 25.0 Å². The number of allylic oxidation sites excluding steroid dienone is 1. The zero-order chi connectivity index (χ0) is 8.81. The molecule has 0 N–H and O–H groups in total. The van der Waals surface area contributed by atoms with Gasteiger partial charge in [0.1, 0.15) is 0 Å². The lowest BCUT2D eigenvalue weighted by atomic mass is 10.2. The maximum absolute atomic E-state index is 4.41. The first-order chi connectivity index (χ1) is 5.83. The van der Waals surface area contributed by atoms with E-state index in [-0.39, 0.29) is 0 Å². The van der Waals surface area contributed by atoms with Crippen LogP contribution in [-0.4, -0.2) is 4.98 Å². The Morgan fingerprint density at radius 2 is 2.33 bits per heavy atom. The second kappa shape index (κ2) is 4.70. The average Bonchev–Trinajstić information content (AvgIpc) is 2.05. The molecule has 1 heteroatoms. The highest BCUT2D eigenvalue weighted by molar-refractivity contribution is 5.09. The third-order valence-electron chi connectivity index (χ3n) is 1.79. The summed E-state index contributed by atoms with van der Waals surface area (Å²) >= 11 is 0. The van der Waals surface area contributed by atoms with Crippen LogP contribution in [-0.2, 0) is 6.42 Å². The highest BCUT2D eigenvalue weighted by Gasteiger charge is 1.92. The molecule has 0 saturated heterocycles. The predicted octanol–water partition coefficient (Wildman–Crippen LogP) is 2.90. The Morgan fingerprint density at radius 3 is 3.00 bits per heavy atom. The van der Waals surface area contributed by atoms with Crippen LogP contribution >= 0.6 is 0 Å². The molecule has 12 heavy (non-hydrogen) atoms. The molecule has 0 amide bonds. The van der Waals surface area contributed by atoms with Crippen molar-refractivity contribution in [2.24, 2.45) is 0 Å². The maximum Gasteiger partial charge on any atom is 0.0406 e. The van der Waals surface area contributed by atoms with Crippen molar-refractivity contribution in [1.82, 2.24) is 4.98 Å². The summed E-state index contributed by atoms with van der Waals surface area (Å²) in [5, 5.41) is 0. The molecule has 0 fully saturated rings. The molecule has 0 atom stereocenters. The van der Waals surface area contributed by atoms with Gasteiger partial charge in [-0.25, -0.2) is 0 Å². The number of hydrogen-bond donors (Lipinski definition) is 0. The molecular formula is C11H15N. The van der Waals surface area contributed by atoms with Crippen LogP contribution in [0.15, 0.2) is 30.9 Å². The van der Waals surface area contributed by atoms with Crippen molar-refractivity contribution < 1.29 is 0 Å². The van der Waals surface area contributed by atoms with Crippen molar-refractivity contribution in [1.29, 1.82) is 0 Å². The van der Waals surface area contributed by atoms with Crippen molar-refractivity contribution in [2.75, 3.05) is 0 Å². The molecule has 0 aliphatic rings. The Kier molecular flexibility index (Phi) is 3.52. The Morgan fingerprint density at radius 1 is 1.50 bits per heavy atom. The molecule has 0 radical (unpaired) electrons. The van der Waals surface area contributed by atoms with Gasteiger partial charge in [0.2, 0.25) is 0 Å². The lowest BCUT2D eigenvalue weighted by Crippen LogP contribution is -1.90. The minimum Gasteiger partial charge on any atom is -0.258 e. The average molecular weight is 161 g/mol. The van der Waals surface area contributed by atoms with Crippen LogP contribution in [0, 0.1) is 6.92 Å². The Balaban J connectivity index is 2.46. The normalized spacial score (nSPS) is 9.75. The van der Waals surface area contributed by atoms with Crippen LogP contribution in [0.4, 0.5) is 0 Å².